The molecule has 0 aromatic rings. The molecule has 0 N–H and O–H groups in total. The average Bonchev–Trinajstić information content (AvgIpc) is 1.95. The molecule has 4 heteroatoms. The maximum absolute atomic E-state index is 11.6. The molecule has 1 atom stereocenters. The van der Waals surface area contributed by atoms with Gasteiger partial charge in [-0.15, -0.1) is 0 Å². The van der Waals surface area contributed by atoms with Crippen molar-refractivity contribution in [1.82, 2.24) is 0 Å². The molecule has 0 aliphatic heterocycles. The fourth-order valence-corrected chi connectivity index (χ4v) is 1.64. The largest absolute Gasteiger partial charge is 0.456 e. The van der Waals surface area contributed by atoms with E-state index in [1.165, 1.54) is 6.92 Å². The zero-order chi connectivity index (χ0) is 13.6. The summed E-state index contributed by atoms with van der Waals surface area (Å²) in [7, 11) is 6.05. The van der Waals surface area contributed by atoms with E-state index < -0.39 is 0 Å². The first-order valence-electron chi connectivity index (χ1n) is 6.09. The first-order chi connectivity index (χ1) is 7.60. The van der Waals surface area contributed by atoms with Crippen molar-refractivity contribution in [2.75, 3.05) is 27.7 Å². The lowest BCUT2D eigenvalue weighted by atomic mass is 10.1. The van der Waals surface area contributed by atoms with Gasteiger partial charge in [0.1, 0.15) is 12.3 Å². The third-order valence-electron chi connectivity index (χ3n) is 2.14. The molecule has 0 saturated heterocycles. The summed E-state index contributed by atoms with van der Waals surface area (Å²) < 4.78 is 6.05. The van der Waals surface area contributed by atoms with Gasteiger partial charge in [0.15, 0.2) is 6.10 Å². The molecule has 0 spiro atoms. The minimum atomic E-state index is -0.307. The quantitative estimate of drug-likeness (QED) is 0.505. The molecular weight excluding hydrogens is 218 g/mol. The van der Waals surface area contributed by atoms with Crippen molar-refractivity contribution < 1.29 is 18.8 Å². The number of nitrogens with zero attached hydrogens (tertiary/aromatic N) is 1. The Morgan fingerprint density at radius 2 is 1.65 bits per heavy atom. The van der Waals surface area contributed by atoms with E-state index in [2.05, 4.69) is 0 Å². The lowest BCUT2D eigenvalue weighted by Crippen LogP contribution is -2.43. The minimum Gasteiger partial charge on any atom is -0.456 e. The lowest BCUT2D eigenvalue weighted by Gasteiger charge is -2.28. The number of hydrogen-bond acceptors (Lipinski definition) is 3. The van der Waals surface area contributed by atoms with E-state index in [4.69, 9.17) is 4.74 Å². The molecule has 17 heavy (non-hydrogen) atoms. The third-order valence-corrected chi connectivity index (χ3v) is 2.14. The number of hydrogen-bond donors (Lipinski definition) is 0. The molecule has 0 aromatic heterocycles. The van der Waals surface area contributed by atoms with Crippen LogP contribution in [0.25, 0.3) is 0 Å². The smallest absolute Gasteiger partial charge is 0.306 e. The van der Waals surface area contributed by atoms with Crippen LogP contribution in [0.3, 0.4) is 0 Å². The zero-order valence-corrected chi connectivity index (χ0v) is 11.9. The van der Waals surface area contributed by atoms with Crippen LogP contribution in [0.1, 0.15) is 33.6 Å². The Hall–Kier alpha value is -0.900. The first kappa shape index (κ1) is 16.1. The number of carbonyl (C=O) groups excluding carboxylic acids is 2. The van der Waals surface area contributed by atoms with Crippen molar-refractivity contribution in [3.05, 3.63) is 0 Å². The molecule has 4 nitrogen and oxygen atoms in total. The van der Waals surface area contributed by atoms with Crippen LogP contribution in [-0.2, 0) is 14.3 Å². The van der Waals surface area contributed by atoms with E-state index in [0.29, 0.717) is 23.9 Å². The summed E-state index contributed by atoms with van der Waals surface area (Å²) in [6.07, 6.45) is 0.406. The number of rotatable bonds is 7. The summed E-state index contributed by atoms with van der Waals surface area (Å²) in [5, 5.41) is 0. The van der Waals surface area contributed by atoms with Crippen LogP contribution in [0.2, 0.25) is 0 Å². The van der Waals surface area contributed by atoms with Crippen LogP contribution in [-0.4, -0.2) is 50.0 Å². The fourth-order valence-electron chi connectivity index (χ4n) is 1.64. The van der Waals surface area contributed by atoms with E-state index in [1.54, 1.807) is 0 Å². The molecule has 0 rings (SSSR count). The summed E-state index contributed by atoms with van der Waals surface area (Å²) in [6, 6.07) is 0. The predicted molar refractivity (Wildman–Crippen MR) is 67.5 cm³/mol. The highest BCUT2D eigenvalue weighted by Crippen LogP contribution is 2.09. The number of ether oxygens (including phenoxy) is 1. The van der Waals surface area contributed by atoms with Gasteiger partial charge in [-0.05, 0) is 12.8 Å². The van der Waals surface area contributed by atoms with E-state index in [9.17, 15) is 9.59 Å². The van der Waals surface area contributed by atoms with Gasteiger partial charge in [-0.1, -0.05) is 13.8 Å². The Morgan fingerprint density at radius 3 is 2.00 bits per heavy atom. The van der Waals surface area contributed by atoms with Crippen molar-refractivity contribution in [2.24, 2.45) is 5.92 Å². The van der Waals surface area contributed by atoms with Gasteiger partial charge in [0, 0.05) is 12.8 Å². The van der Waals surface area contributed by atoms with E-state index in [1.807, 2.05) is 35.0 Å². The molecule has 0 aliphatic rings. The Kier molecular flexibility index (Phi) is 6.39. The van der Waals surface area contributed by atoms with Crippen molar-refractivity contribution in [3.63, 3.8) is 0 Å². The number of esters is 1. The first-order valence-corrected chi connectivity index (χ1v) is 6.09. The maximum Gasteiger partial charge on any atom is 0.306 e. The van der Waals surface area contributed by atoms with Gasteiger partial charge in [-0.25, -0.2) is 0 Å². The molecule has 0 aromatic carbocycles. The Morgan fingerprint density at radius 1 is 1.12 bits per heavy atom. The summed E-state index contributed by atoms with van der Waals surface area (Å²) in [5.74, 6) is 0.130. The average molecular weight is 244 g/mol. The van der Waals surface area contributed by atoms with Gasteiger partial charge in [0.2, 0.25) is 0 Å². The number of quaternary nitrogens is 1. The standard InChI is InChI=1S/C13H26NO3/c1-10(2)7-13(16)17-12(8-11(3)15)9-14(4,5)6/h10,12H,7-9H2,1-6H3/q+1. The van der Waals surface area contributed by atoms with Crippen molar-refractivity contribution in [2.45, 2.75) is 39.7 Å². The van der Waals surface area contributed by atoms with Crippen molar-refractivity contribution in [3.8, 4) is 0 Å². The van der Waals surface area contributed by atoms with Gasteiger partial charge in [-0.3, -0.25) is 9.59 Å². The minimum absolute atomic E-state index is 0.0563. The van der Waals surface area contributed by atoms with Crippen LogP contribution in [0.4, 0.5) is 0 Å². The normalized spacial score (nSPS) is 13.6. The highest BCUT2D eigenvalue weighted by Gasteiger charge is 2.23. The summed E-state index contributed by atoms with van der Waals surface area (Å²) in [4.78, 5) is 22.7. The Bertz CT molecular complexity index is 266. The topological polar surface area (TPSA) is 43.4 Å². The second-order valence-electron chi connectivity index (χ2n) is 6.09. The molecule has 0 saturated carbocycles. The van der Waals surface area contributed by atoms with Gasteiger partial charge in [-0.2, -0.15) is 0 Å². The molecule has 0 radical (unpaired) electrons. The predicted octanol–water partition coefficient (Wildman–Crippen LogP) is 1.63. The highest BCUT2D eigenvalue weighted by atomic mass is 16.5. The van der Waals surface area contributed by atoms with Gasteiger partial charge in [0.05, 0.1) is 21.1 Å². The second kappa shape index (κ2) is 6.74. The molecule has 0 fully saturated rings. The molecule has 0 heterocycles. The molecule has 100 valence electrons. The summed E-state index contributed by atoms with van der Waals surface area (Å²) >= 11 is 0. The van der Waals surface area contributed by atoms with Crippen LogP contribution < -0.4 is 0 Å². The van der Waals surface area contributed by atoms with Crippen molar-refractivity contribution in [1.29, 1.82) is 0 Å². The molecule has 0 bridgehead atoms. The number of likely N-dealkylation sites (N-methyl/N-ethyl adjacent to an activating group) is 1. The second-order valence-corrected chi connectivity index (χ2v) is 6.09. The monoisotopic (exact) mass is 244 g/mol. The number of Topliss-reactive ketones (excluding diaryl/α,β-unsaturated/α-hetero) is 1. The Balaban J connectivity index is 4.38. The third kappa shape index (κ3) is 10.00. The van der Waals surface area contributed by atoms with Crippen LogP contribution in [0.15, 0.2) is 0 Å². The van der Waals surface area contributed by atoms with Crippen molar-refractivity contribution >= 4 is 11.8 Å². The molecule has 0 aliphatic carbocycles. The summed E-state index contributed by atoms with van der Waals surface area (Å²) in [6.45, 7) is 6.13. The fraction of sp³-hybridized carbons (Fsp3) is 0.846. The zero-order valence-electron chi connectivity index (χ0n) is 11.9. The van der Waals surface area contributed by atoms with Crippen LogP contribution >= 0.6 is 0 Å². The van der Waals surface area contributed by atoms with Crippen LogP contribution in [0, 0.1) is 5.92 Å². The number of carbonyl (C=O) groups is 2. The van der Waals surface area contributed by atoms with Gasteiger partial charge < -0.3 is 9.22 Å². The van der Waals surface area contributed by atoms with Gasteiger partial charge in [0.25, 0.3) is 0 Å². The maximum atomic E-state index is 11.6. The van der Waals surface area contributed by atoms with E-state index in [-0.39, 0.29) is 23.8 Å². The lowest BCUT2D eigenvalue weighted by molar-refractivity contribution is -0.873. The molecular formula is C13H26NO3+. The van der Waals surface area contributed by atoms with E-state index >= 15 is 0 Å². The molecule has 1 unspecified atom stereocenters. The summed E-state index contributed by atoms with van der Waals surface area (Å²) in [5.41, 5.74) is 0. The van der Waals surface area contributed by atoms with Gasteiger partial charge >= 0.3 is 5.97 Å². The van der Waals surface area contributed by atoms with E-state index in [0.717, 1.165) is 0 Å². The number of ketones is 1. The Labute approximate surface area is 105 Å². The highest BCUT2D eigenvalue weighted by molar-refractivity contribution is 5.76. The van der Waals surface area contributed by atoms with Crippen LogP contribution in [0.5, 0.6) is 0 Å². The SMILES string of the molecule is CC(=O)CC(C[N+](C)(C)C)OC(=O)CC(C)C. The molecule has 0 amide bonds.